The summed E-state index contributed by atoms with van der Waals surface area (Å²) < 4.78 is 36.8. The quantitative estimate of drug-likeness (QED) is 0.383. The first-order valence-electron chi connectivity index (χ1n) is 9.59. The molecule has 1 unspecified atom stereocenters. The van der Waals surface area contributed by atoms with Crippen LogP contribution in [0.5, 0.6) is 5.75 Å². The van der Waals surface area contributed by atoms with Crippen LogP contribution < -0.4 is 4.74 Å². The van der Waals surface area contributed by atoms with Crippen molar-refractivity contribution in [3.8, 4) is 5.75 Å². The minimum absolute atomic E-state index is 0.252. The zero-order chi connectivity index (χ0) is 18.7. The monoisotopic (exact) mass is 370 g/mol. The van der Waals surface area contributed by atoms with Gasteiger partial charge in [0.2, 0.25) is 0 Å². The fourth-order valence-corrected chi connectivity index (χ4v) is 3.44. The summed E-state index contributed by atoms with van der Waals surface area (Å²) in [6.07, 6.45) is 9.13. The molecule has 1 aromatic rings. The van der Waals surface area contributed by atoms with Crippen LogP contribution in [0.2, 0.25) is 0 Å². The molecule has 0 saturated heterocycles. The third kappa shape index (κ3) is 9.85. The van der Waals surface area contributed by atoms with Gasteiger partial charge in [-0.2, -0.15) is 8.42 Å². The summed E-state index contributed by atoms with van der Waals surface area (Å²) in [5, 5.41) is 0. The summed E-state index contributed by atoms with van der Waals surface area (Å²) in [5.41, 5.74) is 2.45. The predicted molar refractivity (Wildman–Crippen MR) is 104 cm³/mol. The summed E-state index contributed by atoms with van der Waals surface area (Å²) >= 11 is 0. The number of benzene rings is 1. The third-order valence-electron chi connectivity index (χ3n) is 4.36. The van der Waals surface area contributed by atoms with Gasteiger partial charge in [0.1, 0.15) is 5.75 Å². The van der Waals surface area contributed by atoms with Crippen LogP contribution in [-0.2, 0) is 23.0 Å². The standard InChI is InChI=1S/C20H34O4S/c1-4-6-8-10-18-12-13-19(11-9-7-5-2)20(16-18)24-17(3)14-15-25(21,22)23/h12-13,16-17H,4-11,14-15H2,1-3H3,(H,21,22,23). The zero-order valence-electron chi connectivity index (χ0n) is 16.0. The lowest BCUT2D eigenvalue weighted by atomic mass is 10.0. The van der Waals surface area contributed by atoms with Crippen LogP contribution in [-0.4, -0.2) is 24.8 Å². The lowest BCUT2D eigenvalue weighted by Crippen LogP contribution is -2.18. The van der Waals surface area contributed by atoms with Gasteiger partial charge in [-0.25, -0.2) is 0 Å². The van der Waals surface area contributed by atoms with E-state index in [4.69, 9.17) is 9.29 Å². The van der Waals surface area contributed by atoms with Crippen molar-refractivity contribution in [1.82, 2.24) is 0 Å². The minimum atomic E-state index is -3.94. The van der Waals surface area contributed by atoms with Crippen LogP contribution in [0.25, 0.3) is 0 Å². The van der Waals surface area contributed by atoms with Crippen molar-refractivity contribution in [3.63, 3.8) is 0 Å². The summed E-state index contributed by atoms with van der Waals surface area (Å²) in [4.78, 5) is 0. The van der Waals surface area contributed by atoms with Crippen LogP contribution in [0.15, 0.2) is 18.2 Å². The average molecular weight is 371 g/mol. The molecule has 25 heavy (non-hydrogen) atoms. The highest BCUT2D eigenvalue weighted by Crippen LogP contribution is 2.25. The molecule has 0 aliphatic carbocycles. The fourth-order valence-electron chi connectivity index (χ4n) is 2.81. The van der Waals surface area contributed by atoms with E-state index in [-0.39, 0.29) is 18.3 Å². The van der Waals surface area contributed by atoms with Crippen molar-refractivity contribution in [1.29, 1.82) is 0 Å². The van der Waals surface area contributed by atoms with Crippen molar-refractivity contribution >= 4 is 10.1 Å². The van der Waals surface area contributed by atoms with E-state index in [1.807, 2.05) is 6.92 Å². The van der Waals surface area contributed by atoms with Crippen molar-refractivity contribution < 1.29 is 17.7 Å². The third-order valence-corrected chi connectivity index (χ3v) is 5.11. The van der Waals surface area contributed by atoms with Gasteiger partial charge >= 0.3 is 0 Å². The molecular weight excluding hydrogens is 336 g/mol. The van der Waals surface area contributed by atoms with Gasteiger partial charge in [0, 0.05) is 6.42 Å². The highest BCUT2D eigenvalue weighted by Gasteiger charge is 2.13. The second-order valence-electron chi connectivity index (χ2n) is 6.86. The molecule has 0 aliphatic rings. The first kappa shape index (κ1) is 22.0. The molecule has 0 heterocycles. The Hall–Kier alpha value is -1.07. The van der Waals surface area contributed by atoms with Gasteiger partial charge in [0.05, 0.1) is 11.9 Å². The molecule has 0 aromatic heterocycles. The molecule has 0 aliphatic heterocycles. The normalized spacial score (nSPS) is 13.0. The van der Waals surface area contributed by atoms with Gasteiger partial charge in [-0.05, 0) is 49.8 Å². The Morgan fingerprint density at radius 3 is 2.28 bits per heavy atom. The Kier molecular flexibility index (Phi) is 10.1. The van der Waals surface area contributed by atoms with Crippen molar-refractivity contribution in [3.05, 3.63) is 29.3 Å². The van der Waals surface area contributed by atoms with Gasteiger partial charge in [0.15, 0.2) is 0 Å². The van der Waals surface area contributed by atoms with Crippen LogP contribution in [0.3, 0.4) is 0 Å². The maximum atomic E-state index is 10.9. The topological polar surface area (TPSA) is 63.6 Å². The Morgan fingerprint density at radius 2 is 1.68 bits per heavy atom. The number of ether oxygens (including phenoxy) is 1. The van der Waals surface area contributed by atoms with E-state index in [0.717, 1.165) is 25.0 Å². The number of hydrogen-bond donors (Lipinski definition) is 1. The van der Waals surface area contributed by atoms with E-state index in [2.05, 4.69) is 32.0 Å². The number of aryl methyl sites for hydroxylation is 2. The second kappa shape index (κ2) is 11.5. The van der Waals surface area contributed by atoms with E-state index >= 15 is 0 Å². The predicted octanol–water partition coefficient (Wildman–Crippen LogP) is 5.20. The average Bonchev–Trinajstić information content (AvgIpc) is 2.55. The van der Waals surface area contributed by atoms with Crippen LogP contribution in [0.1, 0.15) is 76.8 Å². The minimum Gasteiger partial charge on any atom is -0.490 e. The highest BCUT2D eigenvalue weighted by molar-refractivity contribution is 7.85. The number of rotatable bonds is 13. The molecular formula is C20H34O4S. The van der Waals surface area contributed by atoms with Crippen LogP contribution >= 0.6 is 0 Å². The first-order valence-corrected chi connectivity index (χ1v) is 11.2. The van der Waals surface area contributed by atoms with Gasteiger partial charge in [-0.1, -0.05) is 51.7 Å². The van der Waals surface area contributed by atoms with Gasteiger partial charge in [-0.3, -0.25) is 4.55 Å². The SMILES string of the molecule is CCCCCc1ccc(CCCCC)c(OC(C)CCS(=O)(=O)O)c1. The van der Waals surface area contributed by atoms with Gasteiger partial charge < -0.3 is 4.74 Å². The Labute approximate surface area is 153 Å². The molecule has 144 valence electrons. The Balaban J connectivity index is 2.79. The molecule has 4 nitrogen and oxygen atoms in total. The summed E-state index contributed by atoms with van der Waals surface area (Å²) in [6, 6.07) is 6.45. The summed E-state index contributed by atoms with van der Waals surface area (Å²) in [6.45, 7) is 6.23. The number of unbranched alkanes of at least 4 members (excludes halogenated alkanes) is 4. The molecule has 1 rings (SSSR count). The van der Waals surface area contributed by atoms with Crippen LogP contribution in [0.4, 0.5) is 0 Å². The molecule has 1 atom stereocenters. The lowest BCUT2D eigenvalue weighted by Gasteiger charge is -2.18. The van der Waals surface area contributed by atoms with E-state index in [1.54, 1.807) is 0 Å². The number of hydrogen-bond acceptors (Lipinski definition) is 3. The zero-order valence-corrected chi connectivity index (χ0v) is 16.8. The fraction of sp³-hybridized carbons (Fsp3) is 0.700. The Bertz CT molecular complexity index is 596. The molecule has 0 saturated carbocycles. The summed E-state index contributed by atoms with van der Waals surface area (Å²) in [5.74, 6) is 0.600. The van der Waals surface area contributed by atoms with Crippen LogP contribution in [0, 0.1) is 0 Å². The largest absolute Gasteiger partial charge is 0.490 e. The molecule has 5 heteroatoms. The molecule has 0 amide bonds. The molecule has 1 N–H and O–H groups in total. The molecule has 0 spiro atoms. The van der Waals surface area contributed by atoms with E-state index in [9.17, 15) is 8.42 Å². The molecule has 0 bridgehead atoms. The van der Waals surface area contributed by atoms with Crippen molar-refractivity contribution in [2.45, 2.75) is 84.7 Å². The molecule has 0 fully saturated rings. The van der Waals surface area contributed by atoms with Crippen molar-refractivity contribution in [2.24, 2.45) is 0 Å². The van der Waals surface area contributed by atoms with Gasteiger partial charge in [0.25, 0.3) is 10.1 Å². The lowest BCUT2D eigenvalue weighted by molar-refractivity contribution is 0.214. The maximum absolute atomic E-state index is 10.9. The highest BCUT2D eigenvalue weighted by atomic mass is 32.2. The van der Waals surface area contributed by atoms with Gasteiger partial charge in [-0.15, -0.1) is 0 Å². The summed E-state index contributed by atoms with van der Waals surface area (Å²) in [7, 11) is -3.94. The maximum Gasteiger partial charge on any atom is 0.264 e. The molecule has 0 radical (unpaired) electrons. The molecule has 1 aromatic carbocycles. The van der Waals surface area contributed by atoms with E-state index in [0.29, 0.717) is 0 Å². The van der Waals surface area contributed by atoms with Crippen molar-refractivity contribution in [2.75, 3.05) is 5.75 Å². The Morgan fingerprint density at radius 1 is 1.04 bits per heavy atom. The second-order valence-corrected chi connectivity index (χ2v) is 8.43. The first-order chi connectivity index (χ1) is 11.9. The van der Waals surface area contributed by atoms with E-state index < -0.39 is 10.1 Å². The van der Waals surface area contributed by atoms with E-state index in [1.165, 1.54) is 43.2 Å². The smallest absolute Gasteiger partial charge is 0.264 e.